The summed E-state index contributed by atoms with van der Waals surface area (Å²) in [6.45, 7) is 10.9. The average molecular weight is 658 g/mol. The van der Waals surface area contributed by atoms with Gasteiger partial charge in [0.25, 0.3) is 0 Å². The number of carbonyl (C=O) groups excluding carboxylic acids is 2. The van der Waals surface area contributed by atoms with Gasteiger partial charge < -0.3 is 19.5 Å². The molecule has 0 amide bonds. The van der Waals surface area contributed by atoms with Crippen LogP contribution in [0.3, 0.4) is 0 Å². The fraction of sp³-hybridized carbons (Fsp3) is 0.278. The van der Waals surface area contributed by atoms with Crippen molar-refractivity contribution in [2.75, 3.05) is 25.1 Å². The lowest BCUT2D eigenvalue weighted by Gasteiger charge is -2.47. The average Bonchev–Trinajstić information content (AvgIpc) is 3.43. The maximum Gasteiger partial charge on any atom is 0.345 e. The van der Waals surface area contributed by atoms with Gasteiger partial charge in [-0.2, -0.15) is 0 Å². The van der Waals surface area contributed by atoms with E-state index in [-0.39, 0.29) is 25.2 Å². The summed E-state index contributed by atoms with van der Waals surface area (Å²) >= 11 is 4.51. The van der Waals surface area contributed by atoms with E-state index in [9.17, 15) is 9.59 Å². The van der Waals surface area contributed by atoms with Gasteiger partial charge in [-0.15, -0.1) is 0 Å². The number of hydrogen-bond acceptors (Lipinski definition) is 9. The highest BCUT2D eigenvalue weighted by atomic mass is 32.2. The summed E-state index contributed by atoms with van der Waals surface area (Å²) in [6.07, 6.45) is 0. The third-order valence-corrected chi connectivity index (χ3v) is 12.4. The third-order valence-electron chi connectivity index (χ3n) is 7.62. The molecule has 3 aromatic carbocycles. The molecular weight excluding hydrogens is 623 g/mol. The topological polar surface area (TPSA) is 73.9 Å². The predicted molar refractivity (Wildman–Crippen MR) is 188 cm³/mol. The van der Waals surface area contributed by atoms with Crippen LogP contribution in [-0.2, 0) is 19.1 Å². The predicted octanol–water partition coefficient (Wildman–Crippen LogP) is 8.83. The van der Waals surface area contributed by atoms with E-state index in [1.54, 1.807) is 11.8 Å². The SMILES string of the molecule is CCOC(=O)C1=C(c2ccccc2)S[C@]2(S1)C(c1ccccc1)=C(C(=O)OCC)SC1=C2c2cc(OCC)ccc2NC1(C)C. The van der Waals surface area contributed by atoms with Crippen molar-refractivity contribution in [2.45, 2.75) is 44.2 Å². The zero-order chi connectivity index (χ0) is 31.8. The number of ether oxygens (including phenoxy) is 3. The van der Waals surface area contributed by atoms with Gasteiger partial charge in [0.05, 0.1) is 25.4 Å². The molecule has 0 aliphatic carbocycles. The lowest BCUT2D eigenvalue weighted by molar-refractivity contribution is -0.138. The van der Waals surface area contributed by atoms with Crippen LogP contribution in [0.1, 0.15) is 51.3 Å². The Morgan fingerprint density at radius 2 is 1.36 bits per heavy atom. The van der Waals surface area contributed by atoms with E-state index in [2.05, 4.69) is 31.3 Å². The monoisotopic (exact) mass is 657 g/mol. The molecule has 0 saturated carbocycles. The van der Waals surface area contributed by atoms with Crippen LogP contribution in [-0.4, -0.2) is 41.4 Å². The minimum Gasteiger partial charge on any atom is -0.494 e. The lowest BCUT2D eigenvalue weighted by Crippen LogP contribution is -2.42. The Hall–Kier alpha value is -3.53. The molecule has 1 N–H and O–H groups in total. The molecule has 45 heavy (non-hydrogen) atoms. The summed E-state index contributed by atoms with van der Waals surface area (Å²) in [5.41, 5.74) is 5.01. The molecule has 0 aromatic heterocycles. The van der Waals surface area contributed by atoms with Crippen molar-refractivity contribution in [3.63, 3.8) is 0 Å². The molecule has 9 heteroatoms. The molecule has 0 unspecified atom stereocenters. The zero-order valence-corrected chi connectivity index (χ0v) is 28.3. The first-order valence-electron chi connectivity index (χ1n) is 15.0. The highest BCUT2D eigenvalue weighted by molar-refractivity contribution is 8.29. The van der Waals surface area contributed by atoms with Gasteiger partial charge in [-0.3, -0.25) is 0 Å². The first-order valence-corrected chi connectivity index (χ1v) is 17.5. The van der Waals surface area contributed by atoms with Gasteiger partial charge in [0.1, 0.15) is 19.6 Å². The standard InChI is InChI=1S/C36H35NO5S3/c1-6-40-24-19-20-26-25(21-24)28-32(35(4,5)37-26)43-30(33(38)41-7-2)27(22-15-11-9-12-16-22)36(28)44-29(23-17-13-10-14-18-23)31(45-36)34(39)42-8-3/h9-21,37H,6-8H2,1-5H3/t36-/m0/s1. The minimum absolute atomic E-state index is 0.244. The van der Waals surface area contributed by atoms with E-state index in [1.165, 1.54) is 23.5 Å². The minimum atomic E-state index is -0.948. The Balaban J connectivity index is 1.71. The summed E-state index contributed by atoms with van der Waals surface area (Å²) in [7, 11) is 0. The molecule has 3 aliphatic rings. The molecule has 1 atom stereocenters. The molecule has 3 aromatic rings. The molecule has 0 radical (unpaired) electrons. The highest BCUT2D eigenvalue weighted by Crippen LogP contribution is 2.73. The van der Waals surface area contributed by atoms with Gasteiger partial charge in [-0.25, -0.2) is 9.59 Å². The van der Waals surface area contributed by atoms with Crippen LogP contribution in [0.25, 0.3) is 16.1 Å². The Kier molecular flexibility index (Phi) is 8.87. The van der Waals surface area contributed by atoms with E-state index in [0.717, 1.165) is 49.1 Å². The molecule has 3 heterocycles. The number of fused-ring (bicyclic) bond motifs is 3. The van der Waals surface area contributed by atoms with Crippen LogP contribution in [0.4, 0.5) is 5.69 Å². The van der Waals surface area contributed by atoms with Gasteiger partial charge in [0.2, 0.25) is 0 Å². The van der Waals surface area contributed by atoms with Crippen LogP contribution in [0, 0.1) is 0 Å². The normalized spacial score (nSPS) is 20.0. The summed E-state index contributed by atoms with van der Waals surface area (Å²) in [6, 6.07) is 26.0. The number of hydrogen-bond donors (Lipinski definition) is 1. The quantitative estimate of drug-likeness (QED) is 0.239. The van der Waals surface area contributed by atoms with Crippen molar-refractivity contribution in [1.29, 1.82) is 0 Å². The number of anilines is 1. The third kappa shape index (κ3) is 5.59. The zero-order valence-electron chi connectivity index (χ0n) is 25.9. The van der Waals surface area contributed by atoms with Crippen molar-refractivity contribution < 1.29 is 23.8 Å². The lowest BCUT2D eigenvalue weighted by atomic mass is 9.83. The smallest absolute Gasteiger partial charge is 0.345 e. The first-order chi connectivity index (χ1) is 21.7. The van der Waals surface area contributed by atoms with Crippen molar-refractivity contribution >= 4 is 69.0 Å². The number of esters is 2. The Bertz CT molecular complexity index is 1750. The van der Waals surface area contributed by atoms with Crippen LogP contribution < -0.4 is 10.1 Å². The number of benzene rings is 3. The Labute approximate surface area is 277 Å². The molecule has 6 rings (SSSR count). The number of carbonyl (C=O) groups is 2. The molecule has 6 nitrogen and oxygen atoms in total. The largest absolute Gasteiger partial charge is 0.494 e. The van der Waals surface area contributed by atoms with Gasteiger partial charge in [0.15, 0.2) is 0 Å². The number of nitrogens with one attached hydrogen (secondary N) is 1. The van der Waals surface area contributed by atoms with Gasteiger partial charge in [-0.1, -0.05) is 95.9 Å². The van der Waals surface area contributed by atoms with Crippen molar-refractivity contribution in [3.05, 3.63) is 110 Å². The van der Waals surface area contributed by atoms with Gasteiger partial charge in [0, 0.05) is 32.2 Å². The van der Waals surface area contributed by atoms with E-state index in [1.807, 2.05) is 87.5 Å². The van der Waals surface area contributed by atoms with Crippen molar-refractivity contribution in [1.82, 2.24) is 0 Å². The van der Waals surface area contributed by atoms with E-state index in [4.69, 9.17) is 14.2 Å². The Morgan fingerprint density at radius 3 is 1.98 bits per heavy atom. The fourth-order valence-electron chi connectivity index (χ4n) is 5.84. The van der Waals surface area contributed by atoms with Crippen LogP contribution in [0.2, 0.25) is 0 Å². The molecule has 0 bridgehead atoms. The van der Waals surface area contributed by atoms with E-state index in [0.29, 0.717) is 16.4 Å². The number of thioether (sulfide) groups is 3. The maximum absolute atomic E-state index is 14.0. The second kappa shape index (κ2) is 12.7. The highest BCUT2D eigenvalue weighted by Gasteiger charge is 2.57. The van der Waals surface area contributed by atoms with Gasteiger partial charge in [-0.05, 0) is 63.9 Å². The molecule has 3 aliphatic heterocycles. The van der Waals surface area contributed by atoms with Crippen LogP contribution in [0.15, 0.2) is 93.6 Å². The summed E-state index contributed by atoms with van der Waals surface area (Å²) in [5.74, 6) is -0.0160. The maximum atomic E-state index is 14.0. The first kappa shape index (κ1) is 31.5. The van der Waals surface area contributed by atoms with Crippen LogP contribution >= 0.6 is 35.3 Å². The molecule has 1 spiro atoms. The Morgan fingerprint density at radius 1 is 0.733 bits per heavy atom. The van der Waals surface area contributed by atoms with Crippen molar-refractivity contribution in [3.8, 4) is 5.75 Å². The fourth-order valence-corrected chi connectivity index (χ4v) is 11.0. The van der Waals surface area contributed by atoms with Crippen molar-refractivity contribution in [2.24, 2.45) is 0 Å². The second-order valence-electron chi connectivity index (χ2n) is 11.1. The summed E-state index contributed by atoms with van der Waals surface area (Å²) < 4.78 is 16.4. The number of rotatable bonds is 8. The van der Waals surface area contributed by atoms with Crippen LogP contribution in [0.5, 0.6) is 5.75 Å². The molecule has 0 saturated heterocycles. The summed E-state index contributed by atoms with van der Waals surface area (Å²) in [4.78, 5) is 30.6. The van der Waals surface area contributed by atoms with E-state index >= 15 is 0 Å². The second-order valence-corrected chi connectivity index (χ2v) is 14.8. The molecule has 0 fully saturated rings. The summed E-state index contributed by atoms with van der Waals surface area (Å²) in [5, 5.41) is 3.72. The van der Waals surface area contributed by atoms with E-state index < -0.39 is 9.62 Å². The van der Waals surface area contributed by atoms with Gasteiger partial charge >= 0.3 is 11.9 Å². The molecule has 232 valence electrons. The molecular formula is C36H35NO5S3.